The van der Waals surface area contributed by atoms with Crippen LogP contribution in [0.2, 0.25) is 0 Å². The second kappa shape index (κ2) is 5.18. The first-order valence-electron chi connectivity index (χ1n) is 5.16. The molecule has 1 aromatic carbocycles. The monoisotopic (exact) mass is 236 g/mol. The van der Waals surface area contributed by atoms with Crippen LogP contribution < -0.4 is 5.73 Å². The molecule has 16 heavy (non-hydrogen) atoms. The Bertz CT molecular complexity index is 450. The van der Waals surface area contributed by atoms with Crippen molar-refractivity contribution in [3.8, 4) is 0 Å². The molecule has 4 heteroatoms. The van der Waals surface area contributed by atoms with Gasteiger partial charge < -0.3 is 5.73 Å². The molecule has 0 aliphatic carbocycles. The first-order valence-corrected chi connectivity index (χ1v) is 5.97. The highest BCUT2D eigenvalue weighted by Crippen LogP contribution is 2.17. The van der Waals surface area contributed by atoms with Crippen LogP contribution in [0.25, 0.3) is 0 Å². The lowest BCUT2D eigenvalue weighted by molar-refractivity contribution is 0.627. The van der Waals surface area contributed by atoms with Crippen molar-refractivity contribution in [2.24, 2.45) is 5.73 Å². The highest BCUT2D eigenvalue weighted by molar-refractivity contribution is 7.11. The molecule has 2 rings (SSSR count). The van der Waals surface area contributed by atoms with Gasteiger partial charge >= 0.3 is 0 Å². The minimum absolute atomic E-state index is 0.197. The molecule has 0 aliphatic heterocycles. The van der Waals surface area contributed by atoms with Crippen LogP contribution in [0, 0.1) is 5.82 Å². The van der Waals surface area contributed by atoms with Crippen LogP contribution in [0.5, 0.6) is 0 Å². The maximum Gasteiger partial charge on any atom is 0.123 e. The van der Waals surface area contributed by atoms with E-state index in [0.717, 1.165) is 23.4 Å². The predicted molar refractivity (Wildman–Crippen MR) is 64.1 cm³/mol. The lowest BCUT2D eigenvalue weighted by Gasteiger charge is -1.97. The standard InChI is InChI=1S/C12H13FN2S/c13-10-3-1-9(2-4-10)7-11-8-15-12(16-11)5-6-14/h1-4,8H,5-7,14H2. The summed E-state index contributed by atoms with van der Waals surface area (Å²) in [5, 5.41) is 1.07. The second-order valence-corrected chi connectivity index (χ2v) is 4.76. The summed E-state index contributed by atoms with van der Waals surface area (Å²) in [6, 6.07) is 6.57. The Hall–Kier alpha value is -1.26. The number of benzene rings is 1. The largest absolute Gasteiger partial charge is 0.330 e. The average molecular weight is 236 g/mol. The molecule has 0 bridgehead atoms. The van der Waals surface area contributed by atoms with E-state index in [0.29, 0.717) is 6.54 Å². The van der Waals surface area contributed by atoms with Gasteiger partial charge in [0.05, 0.1) is 5.01 Å². The van der Waals surface area contributed by atoms with Gasteiger partial charge in [0.15, 0.2) is 0 Å². The van der Waals surface area contributed by atoms with Crippen molar-refractivity contribution in [3.63, 3.8) is 0 Å². The highest BCUT2D eigenvalue weighted by Gasteiger charge is 2.02. The van der Waals surface area contributed by atoms with Gasteiger partial charge in [-0.25, -0.2) is 9.37 Å². The lowest BCUT2D eigenvalue weighted by atomic mass is 10.1. The van der Waals surface area contributed by atoms with Crippen molar-refractivity contribution < 1.29 is 4.39 Å². The third-order valence-corrected chi connectivity index (χ3v) is 3.31. The lowest BCUT2D eigenvalue weighted by Crippen LogP contribution is -2.01. The molecule has 0 fully saturated rings. The van der Waals surface area contributed by atoms with Gasteiger partial charge in [0.1, 0.15) is 5.82 Å². The minimum atomic E-state index is -0.197. The number of hydrogen-bond donors (Lipinski definition) is 1. The molecule has 1 aromatic heterocycles. The van der Waals surface area contributed by atoms with Crippen molar-refractivity contribution in [1.82, 2.24) is 4.98 Å². The number of aromatic nitrogens is 1. The third-order valence-electron chi connectivity index (χ3n) is 2.25. The summed E-state index contributed by atoms with van der Waals surface area (Å²) in [6.07, 6.45) is 3.51. The number of nitrogens with two attached hydrogens (primary N) is 1. The molecule has 2 aromatic rings. The molecular formula is C12H13FN2S. The van der Waals surface area contributed by atoms with E-state index in [9.17, 15) is 4.39 Å². The summed E-state index contributed by atoms with van der Waals surface area (Å²) in [6.45, 7) is 0.628. The predicted octanol–water partition coefficient (Wildman–Crippen LogP) is 2.37. The van der Waals surface area contributed by atoms with E-state index in [1.165, 1.54) is 17.0 Å². The first-order chi connectivity index (χ1) is 7.78. The fraction of sp³-hybridized carbons (Fsp3) is 0.250. The molecule has 2 nitrogen and oxygen atoms in total. The Morgan fingerprint density at radius 1 is 1.25 bits per heavy atom. The highest BCUT2D eigenvalue weighted by atomic mass is 32.1. The van der Waals surface area contributed by atoms with E-state index in [1.54, 1.807) is 23.5 Å². The maximum atomic E-state index is 12.7. The SMILES string of the molecule is NCCc1ncc(Cc2ccc(F)cc2)s1. The van der Waals surface area contributed by atoms with Crippen LogP contribution >= 0.6 is 11.3 Å². The van der Waals surface area contributed by atoms with Crippen molar-refractivity contribution in [1.29, 1.82) is 0 Å². The number of nitrogens with zero attached hydrogens (tertiary/aromatic N) is 1. The van der Waals surface area contributed by atoms with Crippen LogP contribution in [0.3, 0.4) is 0 Å². The van der Waals surface area contributed by atoms with E-state index in [2.05, 4.69) is 4.98 Å². The number of hydrogen-bond acceptors (Lipinski definition) is 3. The van der Waals surface area contributed by atoms with E-state index in [-0.39, 0.29) is 5.82 Å². The van der Waals surface area contributed by atoms with Crippen LogP contribution in [0.4, 0.5) is 4.39 Å². The average Bonchev–Trinajstić information content (AvgIpc) is 2.70. The Morgan fingerprint density at radius 2 is 2.00 bits per heavy atom. The van der Waals surface area contributed by atoms with Crippen molar-refractivity contribution in [2.45, 2.75) is 12.8 Å². The van der Waals surface area contributed by atoms with Crippen LogP contribution in [-0.2, 0) is 12.8 Å². The summed E-state index contributed by atoms with van der Waals surface area (Å²) < 4.78 is 12.7. The molecular weight excluding hydrogens is 223 g/mol. The van der Waals surface area contributed by atoms with E-state index < -0.39 is 0 Å². The molecule has 0 radical (unpaired) electrons. The zero-order valence-electron chi connectivity index (χ0n) is 8.82. The van der Waals surface area contributed by atoms with Gasteiger partial charge in [-0.15, -0.1) is 11.3 Å². The Kier molecular flexibility index (Phi) is 3.64. The van der Waals surface area contributed by atoms with Gasteiger partial charge in [0.2, 0.25) is 0 Å². The number of halogens is 1. The van der Waals surface area contributed by atoms with E-state index in [1.807, 2.05) is 6.20 Å². The summed E-state index contributed by atoms with van der Waals surface area (Å²) in [5.74, 6) is -0.197. The molecule has 0 aliphatic rings. The van der Waals surface area contributed by atoms with Gasteiger partial charge in [0, 0.05) is 23.9 Å². The van der Waals surface area contributed by atoms with Crippen LogP contribution in [0.1, 0.15) is 15.4 Å². The summed E-state index contributed by atoms with van der Waals surface area (Å²) in [4.78, 5) is 5.47. The van der Waals surface area contributed by atoms with Gasteiger partial charge in [-0.3, -0.25) is 0 Å². The fourth-order valence-electron chi connectivity index (χ4n) is 1.47. The molecule has 0 saturated heterocycles. The molecule has 0 amide bonds. The van der Waals surface area contributed by atoms with E-state index in [4.69, 9.17) is 5.73 Å². The van der Waals surface area contributed by atoms with Gasteiger partial charge in [-0.1, -0.05) is 12.1 Å². The molecule has 84 valence electrons. The summed E-state index contributed by atoms with van der Waals surface area (Å²) >= 11 is 1.67. The molecule has 1 heterocycles. The Morgan fingerprint density at radius 3 is 2.69 bits per heavy atom. The van der Waals surface area contributed by atoms with Crippen molar-refractivity contribution >= 4 is 11.3 Å². The maximum absolute atomic E-state index is 12.7. The molecule has 0 atom stereocenters. The topological polar surface area (TPSA) is 38.9 Å². The quantitative estimate of drug-likeness (QED) is 0.885. The second-order valence-electron chi connectivity index (χ2n) is 3.56. The van der Waals surface area contributed by atoms with E-state index >= 15 is 0 Å². The molecule has 2 N–H and O–H groups in total. The normalized spacial score (nSPS) is 10.6. The van der Waals surface area contributed by atoms with Gasteiger partial charge in [-0.05, 0) is 24.2 Å². The smallest absolute Gasteiger partial charge is 0.123 e. The third kappa shape index (κ3) is 2.87. The minimum Gasteiger partial charge on any atom is -0.330 e. The van der Waals surface area contributed by atoms with Gasteiger partial charge in [0.25, 0.3) is 0 Å². The molecule has 0 saturated carbocycles. The Balaban J connectivity index is 2.05. The zero-order valence-corrected chi connectivity index (χ0v) is 9.64. The number of thiazole rings is 1. The van der Waals surface area contributed by atoms with Crippen molar-refractivity contribution in [2.75, 3.05) is 6.54 Å². The summed E-state index contributed by atoms with van der Waals surface area (Å²) in [5.41, 5.74) is 6.57. The van der Waals surface area contributed by atoms with Crippen molar-refractivity contribution in [3.05, 3.63) is 51.7 Å². The molecule has 0 spiro atoms. The first kappa shape index (κ1) is 11.2. The van der Waals surface area contributed by atoms with Gasteiger partial charge in [-0.2, -0.15) is 0 Å². The number of rotatable bonds is 4. The Labute approximate surface area is 97.9 Å². The summed E-state index contributed by atoms with van der Waals surface area (Å²) in [7, 11) is 0. The van der Waals surface area contributed by atoms with Crippen LogP contribution in [0.15, 0.2) is 30.5 Å². The zero-order chi connectivity index (χ0) is 11.4. The van der Waals surface area contributed by atoms with Crippen LogP contribution in [-0.4, -0.2) is 11.5 Å². The molecule has 0 unspecified atom stereocenters. The fourth-order valence-corrected chi connectivity index (χ4v) is 2.44.